The molecule has 1 saturated heterocycles. The van der Waals surface area contributed by atoms with Gasteiger partial charge in [0.15, 0.2) is 6.04 Å². The van der Waals surface area contributed by atoms with Crippen molar-refractivity contribution < 1.29 is 19.4 Å². The molecule has 5 heteroatoms. The second-order valence-corrected chi connectivity index (χ2v) is 8.54. The van der Waals surface area contributed by atoms with Crippen LogP contribution in [0.15, 0.2) is 89.9 Å². The van der Waals surface area contributed by atoms with Crippen LogP contribution in [0, 0.1) is 0 Å². The average Bonchev–Trinajstić information content (AvgIpc) is 2.88. The zero-order chi connectivity index (χ0) is 23.6. The van der Waals surface area contributed by atoms with Crippen molar-refractivity contribution in [1.82, 2.24) is 0 Å². The molecule has 0 radical (unpaired) electrons. The molecule has 2 atom stereocenters. The van der Waals surface area contributed by atoms with Crippen LogP contribution in [-0.2, 0) is 16.0 Å². The molecule has 3 aromatic carbocycles. The van der Waals surface area contributed by atoms with Crippen LogP contribution in [-0.4, -0.2) is 42.1 Å². The van der Waals surface area contributed by atoms with Crippen molar-refractivity contribution in [2.75, 3.05) is 13.2 Å². The summed E-state index contributed by atoms with van der Waals surface area (Å²) in [4.78, 5) is 16.9. The van der Waals surface area contributed by atoms with Crippen LogP contribution in [0.5, 0.6) is 5.75 Å². The third kappa shape index (κ3) is 6.78. The molecule has 0 saturated carbocycles. The zero-order valence-electron chi connectivity index (χ0n) is 19.3. The molecule has 5 nitrogen and oxygen atoms in total. The van der Waals surface area contributed by atoms with E-state index in [0.29, 0.717) is 12.3 Å². The maximum absolute atomic E-state index is 12.2. The summed E-state index contributed by atoms with van der Waals surface area (Å²) in [7, 11) is 0. The van der Waals surface area contributed by atoms with Crippen molar-refractivity contribution in [2.45, 2.75) is 44.2 Å². The van der Waals surface area contributed by atoms with Crippen LogP contribution in [0.2, 0.25) is 0 Å². The lowest BCUT2D eigenvalue weighted by Crippen LogP contribution is -2.23. The van der Waals surface area contributed by atoms with Gasteiger partial charge in [0.05, 0.1) is 18.4 Å². The Labute approximate surface area is 201 Å². The molecule has 0 aromatic heterocycles. The summed E-state index contributed by atoms with van der Waals surface area (Å²) < 4.78 is 11.7. The van der Waals surface area contributed by atoms with Gasteiger partial charge in [-0.3, -0.25) is 4.99 Å². The Morgan fingerprint density at radius 3 is 2.29 bits per heavy atom. The Morgan fingerprint density at radius 1 is 0.971 bits per heavy atom. The van der Waals surface area contributed by atoms with Gasteiger partial charge in [-0.25, -0.2) is 4.79 Å². The van der Waals surface area contributed by atoms with Gasteiger partial charge in [0.1, 0.15) is 5.75 Å². The molecule has 1 unspecified atom stereocenters. The molecule has 1 heterocycles. The molecule has 0 aliphatic carbocycles. The number of carboxylic acids is 1. The van der Waals surface area contributed by atoms with Gasteiger partial charge in [-0.05, 0) is 37.0 Å². The lowest BCUT2D eigenvalue weighted by molar-refractivity contribution is -0.138. The highest BCUT2D eigenvalue weighted by molar-refractivity contribution is 6.13. The van der Waals surface area contributed by atoms with Crippen molar-refractivity contribution in [3.63, 3.8) is 0 Å². The minimum Gasteiger partial charge on any atom is -0.493 e. The Hall–Kier alpha value is -3.44. The number of ether oxygens (including phenoxy) is 2. The molecular weight excluding hydrogens is 426 g/mol. The van der Waals surface area contributed by atoms with E-state index >= 15 is 0 Å². The van der Waals surface area contributed by atoms with Crippen molar-refractivity contribution in [2.24, 2.45) is 4.99 Å². The number of hydrogen-bond donors (Lipinski definition) is 1. The zero-order valence-corrected chi connectivity index (χ0v) is 19.3. The first-order valence-electron chi connectivity index (χ1n) is 11.9. The Kier molecular flexibility index (Phi) is 8.47. The summed E-state index contributed by atoms with van der Waals surface area (Å²) in [5.41, 5.74) is 3.33. The third-order valence-electron chi connectivity index (χ3n) is 5.97. The summed E-state index contributed by atoms with van der Waals surface area (Å²) in [6.45, 7) is 1.42. The number of aliphatic carboxylic acids is 1. The average molecular weight is 458 g/mol. The summed E-state index contributed by atoms with van der Waals surface area (Å²) in [6, 6.07) is 26.2. The smallest absolute Gasteiger partial charge is 0.328 e. The van der Waals surface area contributed by atoms with Crippen LogP contribution in [0.3, 0.4) is 0 Å². The second kappa shape index (κ2) is 12.1. The topological polar surface area (TPSA) is 68.1 Å². The highest BCUT2D eigenvalue weighted by Crippen LogP contribution is 2.20. The first kappa shape index (κ1) is 23.7. The molecule has 0 spiro atoms. The van der Waals surface area contributed by atoms with Crippen molar-refractivity contribution in [1.29, 1.82) is 0 Å². The Bertz CT molecular complexity index is 1030. The van der Waals surface area contributed by atoms with Crippen LogP contribution in [0.1, 0.15) is 42.4 Å². The van der Waals surface area contributed by atoms with Gasteiger partial charge in [0.25, 0.3) is 0 Å². The SMILES string of the molecule is O=C(O)[C@H](Cc1cccc(OCCC2CCCCO2)c1)N=C(c1ccccc1)c1ccccc1. The van der Waals surface area contributed by atoms with E-state index in [1.165, 1.54) is 6.42 Å². The van der Waals surface area contributed by atoms with E-state index in [4.69, 9.17) is 14.5 Å². The fourth-order valence-electron chi connectivity index (χ4n) is 4.18. The van der Waals surface area contributed by atoms with E-state index in [2.05, 4.69) is 0 Å². The van der Waals surface area contributed by atoms with Crippen LogP contribution >= 0.6 is 0 Å². The van der Waals surface area contributed by atoms with Gasteiger partial charge in [0, 0.05) is 30.6 Å². The minimum atomic E-state index is -0.954. The molecular formula is C29H31NO4. The molecule has 0 amide bonds. The van der Waals surface area contributed by atoms with Crippen molar-refractivity contribution in [3.8, 4) is 5.75 Å². The van der Waals surface area contributed by atoms with Crippen LogP contribution < -0.4 is 4.74 Å². The first-order valence-corrected chi connectivity index (χ1v) is 11.9. The van der Waals surface area contributed by atoms with Crippen molar-refractivity contribution >= 4 is 11.7 Å². The standard InChI is InChI=1S/C29H31NO4/c31-29(32)27(30-28(23-11-3-1-4-12-23)24-13-5-2-6-14-24)21-22-10-9-16-26(20-22)34-19-17-25-15-7-8-18-33-25/h1-6,9-14,16,20,25,27H,7-8,15,17-19,21H2,(H,31,32)/t25?,27-/m0/s1. The fraction of sp³-hybridized carbons (Fsp3) is 0.310. The number of rotatable bonds is 10. The molecule has 3 aromatic rings. The lowest BCUT2D eigenvalue weighted by Gasteiger charge is -2.22. The van der Waals surface area contributed by atoms with Gasteiger partial charge in [-0.2, -0.15) is 0 Å². The lowest BCUT2D eigenvalue weighted by atomic mass is 10.0. The van der Waals surface area contributed by atoms with Crippen LogP contribution in [0.4, 0.5) is 0 Å². The first-order chi connectivity index (χ1) is 16.7. The number of carbonyl (C=O) groups is 1. The number of nitrogens with zero attached hydrogens (tertiary/aromatic N) is 1. The van der Waals surface area contributed by atoms with E-state index in [1.54, 1.807) is 0 Å². The normalized spacial score (nSPS) is 16.4. The highest BCUT2D eigenvalue weighted by Gasteiger charge is 2.20. The van der Waals surface area contributed by atoms with E-state index in [-0.39, 0.29) is 12.5 Å². The predicted molar refractivity (Wildman–Crippen MR) is 134 cm³/mol. The van der Waals surface area contributed by atoms with Crippen LogP contribution in [0.25, 0.3) is 0 Å². The molecule has 176 valence electrons. The third-order valence-corrected chi connectivity index (χ3v) is 5.97. The summed E-state index contributed by atoms with van der Waals surface area (Å²) in [6.07, 6.45) is 4.86. The number of benzene rings is 3. The second-order valence-electron chi connectivity index (χ2n) is 8.54. The van der Waals surface area contributed by atoms with E-state index in [0.717, 1.165) is 48.3 Å². The predicted octanol–water partition coefficient (Wildman–Crippen LogP) is 5.56. The van der Waals surface area contributed by atoms with Gasteiger partial charge in [-0.1, -0.05) is 72.8 Å². The maximum atomic E-state index is 12.2. The highest BCUT2D eigenvalue weighted by atomic mass is 16.5. The summed E-state index contributed by atoms with van der Waals surface area (Å²) in [5, 5.41) is 9.98. The van der Waals surface area contributed by atoms with E-state index in [9.17, 15) is 9.90 Å². The summed E-state index contributed by atoms with van der Waals surface area (Å²) in [5.74, 6) is -0.210. The quantitative estimate of drug-likeness (QED) is 0.405. The Morgan fingerprint density at radius 2 is 1.68 bits per heavy atom. The van der Waals surface area contributed by atoms with Gasteiger partial charge in [-0.15, -0.1) is 0 Å². The summed E-state index contributed by atoms with van der Waals surface area (Å²) >= 11 is 0. The molecule has 4 rings (SSSR count). The largest absolute Gasteiger partial charge is 0.493 e. The molecule has 34 heavy (non-hydrogen) atoms. The molecule has 1 aliphatic rings. The van der Waals surface area contributed by atoms with Gasteiger partial charge >= 0.3 is 5.97 Å². The number of aliphatic imine (C=N–C) groups is 1. The van der Waals surface area contributed by atoms with Gasteiger partial charge < -0.3 is 14.6 Å². The monoisotopic (exact) mass is 457 g/mol. The molecule has 1 fully saturated rings. The molecule has 1 aliphatic heterocycles. The fourth-order valence-corrected chi connectivity index (χ4v) is 4.18. The molecule has 1 N–H and O–H groups in total. The van der Waals surface area contributed by atoms with Crippen molar-refractivity contribution in [3.05, 3.63) is 102 Å². The van der Waals surface area contributed by atoms with E-state index in [1.807, 2.05) is 84.9 Å². The number of carboxylic acid groups (broad SMARTS) is 1. The molecule has 0 bridgehead atoms. The van der Waals surface area contributed by atoms with E-state index < -0.39 is 12.0 Å². The Balaban J connectivity index is 1.49. The minimum absolute atomic E-state index is 0.275. The van der Waals surface area contributed by atoms with Gasteiger partial charge in [0.2, 0.25) is 0 Å². The number of hydrogen-bond acceptors (Lipinski definition) is 4. The maximum Gasteiger partial charge on any atom is 0.328 e.